The standard InChI is InChI=1S/C17H20FN3O/c1-12(2)20-17(22)21(3)16(15-9-4-5-10-19-15)13-7-6-8-14(18)11-13/h4-12,16H,1-3H3,(H,20,22). The van der Waals surface area contributed by atoms with E-state index in [1.165, 1.54) is 17.0 Å². The van der Waals surface area contributed by atoms with Crippen molar-refractivity contribution in [2.45, 2.75) is 25.9 Å². The van der Waals surface area contributed by atoms with Crippen LogP contribution in [0.1, 0.15) is 31.1 Å². The van der Waals surface area contributed by atoms with Crippen molar-refractivity contribution in [2.24, 2.45) is 0 Å². The largest absolute Gasteiger partial charge is 0.336 e. The van der Waals surface area contributed by atoms with E-state index in [-0.39, 0.29) is 17.9 Å². The van der Waals surface area contributed by atoms with Gasteiger partial charge in [-0.1, -0.05) is 18.2 Å². The zero-order valence-corrected chi connectivity index (χ0v) is 13.0. The lowest BCUT2D eigenvalue weighted by Crippen LogP contribution is -2.43. The first-order chi connectivity index (χ1) is 10.5. The number of halogens is 1. The molecular weight excluding hydrogens is 281 g/mol. The zero-order chi connectivity index (χ0) is 16.1. The smallest absolute Gasteiger partial charge is 0.318 e. The van der Waals surface area contributed by atoms with Crippen molar-refractivity contribution in [1.82, 2.24) is 15.2 Å². The summed E-state index contributed by atoms with van der Waals surface area (Å²) in [6.07, 6.45) is 1.66. The van der Waals surface area contributed by atoms with Crippen LogP contribution in [0.4, 0.5) is 9.18 Å². The molecular formula is C17H20FN3O. The van der Waals surface area contributed by atoms with Crippen molar-refractivity contribution < 1.29 is 9.18 Å². The predicted octanol–water partition coefficient (Wildman–Crippen LogP) is 3.36. The van der Waals surface area contributed by atoms with Crippen LogP contribution in [0.5, 0.6) is 0 Å². The maximum absolute atomic E-state index is 13.6. The lowest BCUT2D eigenvalue weighted by Gasteiger charge is -2.29. The number of urea groups is 1. The minimum atomic E-state index is -0.448. The molecule has 116 valence electrons. The Kier molecular flexibility index (Phi) is 5.09. The Morgan fingerprint density at radius 3 is 2.59 bits per heavy atom. The third kappa shape index (κ3) is 3.81. The van der Waals surface area contributed by atoms with E-state index < -0.39 is 6.04 Å². The third-order valence-electron chi connectivity index (χ3n) is 3.25. The van der Waals surface area contributed by atoms with Gasteiger partial charge in [0, 0.05) is 19.3 Å². The number of amides is 2. The highest BCUT2D eigenvalue weighted by Crippen LogP contribution is 2.26. The summed E-state index contributed by atoms with van der Waals surface area (Å²) in [7, 11) is 1.68. The molecule has 1 aromatic heterocycles. The molecule has 22 heavy (non-hydrogen) atoms. The van der Waals surface area contributed by atoms with Crippen LogP contribution in [0.3, 0.4) is 0 Å². The molecule has 0 fully saturated rings. The number of carbonyl (C=O) groups is 1. The summed E-state index contributed by atoms with van der Waals surface area (Å²) >= 11 is 0. The molecule has 0 spiro atoms. The van der Waals surface area contributed by atoms with Gasteiger partial charge in [0.1, 0.15) is 11.9 Å². The Bertz CT molecular complexity index is 631. The highest BCUT2D eigenvalue weighted by Gasteiger charge is 2.25. The van der Waals surface area contributed by atoms with Crippen molar-refractivity contribution >= 4 is 6.03 Å². The molecule has 0 aliphatic carbocycles. The molecule has 0 aliphatic heterocycles. The molecule has 0 aliphatic rings. The highest BCUT2D eigenvalue weighted by molar-refractivity contribution is 5.75. The Hall–Kier alpha value is -2.43. The van der Waals surface area contributed by atoms with Gasteiger partial charge in [-0.25, -0.2) is 9.18 Å². The SMILES string of the molecule is CC(C)NC(=O)N(C)C(c1cccc(F)c1)c1ccccn1. The molecule has 1 unspecified atom stereocenters. The van der Waals surface area contributed by atoms with E-state index >= 15 is 0 Å². The molecule has 0 bridgehead atoms. The second-order valence-electron chi connectivity index (χ2n) is 5.43. The van der Waals surface area contributed by atoms with Crippen LogP contribution in [0.25, 0.3) is 0 Å². The first-order valence-electron chi connectivity index (χ1n) is 7.18. The monoisotopic (exact) mass is 301 g/mol. The van der Waals surface area contributed by atoms with E-state index in [2.05, 4.69) is 10.3 Å². The van der Waals surface area contributed by atoms with E-state index in [9.17, 15) is 9.18 Å². The molecule has 1 heterocycles. The third-order valence-corrected chi connectivity index (χ3v) is 3.25. The van der Waals surface area contributed by atoms with Crippen molar-refractivity contribution in [2.75, 3.05) is 7.05 Å². The van der Waals surface area contributed by atoms with Gasteiger partial charge in [-0.05, 0) is 43.7 Å². The number of rotatable bonds is 4. The Balaban J connectivity index is 2.40. The number of hydrogen-bond donors (Lipinski definition) is 1. The van der Waals surface area contributed by atoms with Crippen molar-refractivity contribution in [3.05, 3.63) is 65.7 Å². The van der Waals surface area contributed by atoms with Gasteiger partial charge in [-0.15, -0.1) is 0 Å². The number of hydrogen-bond acceptors (Lipinski definition) is 2. The minimum absolute atomic E-state index is 0.0202. The molecule has 0 saturated heterocycles. The number of nitrogens with one attached hydrogen (secondary N) is 1. The number of carbonyl (C=O) groups excluding carboxylic acids is 1. The maximum Gasteiger partial charge on any atom is 0.318 e. The van der Waals surface area contributed by atoms with E-state index in [0.717, 1.165) is 0 Å². The van der Waals surface area contributed by atoms with Crippen LogP contribution in [-0.4, -0.2) is 29.0 Å². The molecule has 4 nitrogen and oxygen atoms in total. The summed E-state index contributed by atoms with van der Waals surface area (Å²) in [5.41, 5.74) is 1.37. The van der Waals surface area contributed by atoms with Gasteiger partial charge in [-0.2, -0.15) is 0 Å². The lowest BCUT2D eigenvalue weighted by molar-refractivity contribution is 0.194. The summed E-state index contributed by atoms with van der Waals surface area (Å²) < 4.78 is 13.6. The van der Waals surface area contributed by atoms with Crippen LogP contribution in [-0.2, 0) is 0 Å². The fraction of sp³-hybridized carbons (Fsp3) is 0.294. The van der Waals surface area contributed by atoms with Gasteiger partial charge in [-0.3, -0.25) is 4.98 Å². The molecule has 1 atom stereocenters. The molecule has 2 amide bonds. The summed E-state index contributed by atoms with van der Waals surface area (Å²) in [6.45, 7) is 3.79. The van der Waals surface area contributed by atoms with Gasteiger partial charge in [0.2, 0.25) is 0 Å². The van der Waals surface area contributed by atoms with Gasteiger partial charge >= 0.3 is 6.03 Å². The average Bonchev–Trinajstić information content (AvgIpc) is 2.48. The number of benzene rings is 1. The Morgan fingerprint density at radius 2 is 2.00 bits per heavy atom. The van der Waals surface area contributed by atoms with E-state index in [1.807, 2.05) is 26.0 Å². The van der Waals surface area contributed by atoms with Gasteiger partial charge in [0.05, 0.1) is 5.69 Å². The highest BCUT2D eigenvalue weighted by atomic mass is 19.1. The topological polar surface area (TPSA) is 45.2 Å². The quantitative estimate of drug-likeness (QED) is 0.941. The first-order valence-corrected chi connectivity index (χ1v) is 7.18. The fourth-order valence-corrected chi connectivity index (χ4v) is 2.27. The number of pyridine rings is 1. The molecule has 1 aromatic carbocycles. The Labute approximate surface area is 130 Å². The molecule has 0 radical (unpaired) electrons. The minimum Gasteiger partial charge on any atom is -0.336 e. The average molecular weight is 301 g/mol. The van der Waals surface area contributed by atoms with E-state index in [0.29, 0.717) is 11.3 Å². The van der Waals surface area contributed by atoms with Gasteiger partial charge in [0.15, 0.2) is 0 Å². The molecule has 2 rings (SSSR count). The van der Waals surface area contributed by atoms with Gasteiger partial charge < -0.3 is 10.2 Å². The summed E-state index contributed by atoms with van der Waals surface area (Å²) in [6, 6.07) is 11.1. The summed E-state index contributed by atoms with van der Waals surface area (Å²) in [5.74, 6) is -0.337. The van der Waals surface area contributed by atoms with Crippen LogP contribution in [0, 0.1) is 5.82 Å². The van der Waals surface area contributed by atoms with Gasteiger partial charge in [0.25, 0.3) is 0 Å². The maximum atomic E-state index is 13.6. The predicted molar refractivity (Wildman–Crippen MR) is 83.9 cm³/mol. The molecule has 0 saturated carbocycles. The van der Waals surface area contributed by atoms with E-state index in [1.54, 1.807) is 31.4 Å². The van der Waals surface area contributed by atoms with Crippen LogP contribution < -0.4 is 5.32 Å². The lowest BCUT2D eigenvalue weighted by atomic mass is 10.0. The van der Waals surface area contributed by atoms with Crippen molar-refractivity contribution in [3.8, 4) is 0 Å². The molecule has 1 N–H and O–H groups in total. The van der Waals surface area contributed by atoms with Crippen molar-refractivity contribution in [3.63, 3.8) is 0 Å². The fourth-order valence-electron chi connectivity index (χ4n) is 2.27. The normalized spacial score (nSPS) is 12.0. The van der Waals surface area contributed by atoms with E-state index in [4.69, 9.17) is 0 Å². The summed E-state index contributed by atoms with van der Waals surface area (Å²) in [4.78, 5) is 18.2. The van der Waals surface area contributed by atoms with Crippen LogP contribution >= 0.6 is 0 Å². The van der Waals surface area contributed by atoms with Crippen LogP contribution in [0.2, 0.25) is 0 Å². The van der Waals surface area contributed by atoms with Crippen molar-refractivity contribution in [1.29, 1.82) is 0 Å². The first kappa shape index (κ1) is 15.9. The van der Waals surface area contributed by atoms with Crippen LogP contribution in [0.15, 0.2) is 48.7 Å². The second kappa shape index (κ2) is 7.02. The molecule has 5 heteroatoms. The number of nitrogens with zero attached hydrogens (tertiary/aromatic N) is 2. The second-order valence-corrected chi connectivity index (χ2v) is 5.43. The molecule has 2 aromatic rings. The summed E-state index contributed by atoms with van der Waals surface area (Å²) in [5, 5.41) is 2.84. The Morgan fingerprint density at radius 1 is 1.23 bits per heavy atom. The zero-order valence-electron chi connectivity index (χ0n) is 13.0. The number of aromatic nitrogens is 1.